The first kappa shape index (κ1) is 9.20. The summed E-state index contributed by atoms with van der Waals surface area (Å²) < 4.78 is 0. The van der Waals surface area contributed by atoms with Crippen LogP contribution in [0.3, 0.4) is 0 Å². The highest BCUT2D eigenvalue weighted by Gasteiger charge is 2.35. The molecule has 1 atom stereocenters. The Kier molecular flexibility index (Phi) is 2.41. The Bertz CT molecular complexity index is 206. The molecule has 74 valence electrons. The van der Waals surface area contributed by atoms with Crippen molar-refractivity contribution in [3.05, 3.63) is 0 Å². The van der Waals surface area contributed by atoms with Crippen molar-refractivity contribution in [2.75, 3.05) is 0 Å². The van der Waals surface area contributed by atoms with Crippen LogP contribution in [0, 0.1) is 5.92 Å². The SMILES string of the molecule is O=C1CCCC1CCC1(O)CCC1. The van der Waals surface area contributed by atoms with Crippen LogP contribution in [0.4, 0.5) is 0 Å². The number of carbonyl (C=O) groups excluding carboxylic acids is 1. The van der Waals surface area contributed by atoms with Gasteiger partial charge >= 0.3 is 0 Å². The normalized spacial score (nSPS) is 31.8. The molecule has 2 aliphatic rings. The van der Waals surface area contributed by atoms with E-state index in [2.05, 4.69) is 0 Å². The van der Waals surface area contributed by atoms with E-state index in [0.717, 1.165) is 51.4 Å². The summed E-state index contributed by atoms with van der Waals surface area (Å²) in [5.74, 6) is 0.715. The molecule has 0 bridgehead atoms. The van der Waals surface area contributed by atoms with Gasteiger partial charge in [0.05, 0.1) is 5.60 Å². The third-order valence-electron chi connectivity index (χ3n) is 3.67. The lowest BCUT2D eigenvalue weighted by atomic mass is 9.75. The van der Waals surface area contributed by atoms with Gasteiger partial charge in [0.1, 0.15) is 5.78 Å². The largest absolute Gasteiger partial charge is 0.390 e. The molecule has 2 saturated carbocycles. The van der Waals surface area contributed by atoms with E-state index in [1.54, 1.807) is 0 Å². The quantitative estimate of drug-likeness (QED) is 0.725. The maximum Gasteiger partial charge on any atom is 0.135 e. The molecule has 2 rings (SSSR count). The highest BCUT2D eigenvalue weighted by Crippen LogP contribution is 2.38. The maximum absolute atomic E-state index is 11.3. The van der Waals surface area contributed by atoms with Crippen LogP contribution in [-0.4, -0.2) is 16.5 Å². The van der Waals surface area contributed by atoms with Gasteiger partial charge in [-0.25, -0.2) is 0 Å². The fourth-order valence-electron chi connectivity index (χ4n) is 2.47. The average Bonchev–Trinajstić information content (AvgIpc) is 2.44. The van der Waals surface area contributed by atoms with Gasteiger partial charge in [0.15, 0.2) is 0 Å². The summed E-state index contributed by atoms with van der Waals surface area (Å²) in [5, 5.41) is 9.85. The average molecular weight is 182 g/mol. The number of rotatable bonds is 3. The molecule has 0 aromatic heterocycles. The molecule has 2 aliphatic carbocycles. The molecule has 0 saturated heterocycles. The van der Waals surface area contributed by atoms with Gasteiger partial charge in [-0.2, -0.15) is 0 Å². The highest BCUT2D eigenvalue weighted by atomic mass is 16.3. The van der Waals surface area contributed by atoms with Crippen LogP contribution < -0.4 is 0 Å². The summed E-state index contributed by atoms with van der Waals surface area (Å²) in [4.78, 5) is 11.3. The minimum atomic E-state index is -0.386. The second-order valence-corrected chi connectivity index (χ2v) is 4.67. The Morgan fingerprint density at radius 2 is 2.15 bits per heavy atom. The number of carbonyl (C=O) groups is 1. The van der Waals surface area contributed by atoms with Crippen LogP contribution in [0.5, 0.6) is 0 Å². The summed E-state index contributed by atoms with van der Waals surface area (Å²) in [6.07, 6.45) is 7.76. The zero-order valence-electron chi connectivity index (χ0n) is 8.09. The van der Waals surface area contributed by atoms with E-state index in [0.29, 0.717) is 5.78 Å². The Balaban J connectivity index is 1.75. The van der Waals surface area contributed by atoms with Crippen LogP contribution >= 0.6 is 0 Å². The first-order chi connectivity index (χ1) is 6.20. The lowest BCUT2D eigenvalue weighted by Gasteiger charge is -2.37. The molecular weight excluding hydrogens is 164 g/mol. The topological polar surface area (TPSA) is 37.3 Å². The van der Waals surface area contributed by atoms with Gasteiger partial charge in [0.2, 0.25) is 0 Å². The molecule has 0 aromatic carbocycles. The van der Waals surface area contributed by atoms with E-state index in [9.17, 15) is 9.90 Å². The highest BCUT2D eigenvalue weighted by molar-refractivity contribution is 5.82. The molecule has 2 fully saturated rings. The van der Waals surface area contributed by atoms with Crippen molar-refractivity contribution in [3.8, 4) is 0 Å². The lowest BCUT2D eigenvalue weighted by Crippen LogP contribution is -2.37. The predicted octanol–water partition coefficient (Wildman–Crippen LogP) is 2.05. The van der Waals surface area contributed by atoms with Crippen molar-refractivity contribution in [3.63, 3.8) is 0 Å². The van der Waals surface area contributed by atoms with Crippen molar-refractivity contribution >= 4 is 5.78 Å². The minimum absolute atomic E-state index is 0.282. The monoisotopic (exact) mass is 182 g/mol. The minimum Gasteiger partial charge on any atom is -0.390 e. The molecular formula is C11H18O2. The van der Waals surface area contributed by atoms with Gasteiger partial charge in [-0.15, -0.1) is 0 Å². The van der Waals surface area contributed by atoms with Gasteiger partial charge < -0.3 is 5.11 Å². The van der Waals surface area contributed by atoms with Crippen molar-refractivity contribution in [2.24, 2.45) is 5.92 Å². The van der Waals surface area contributed by atoms with Gasteiger partial charge in [-0.1, -0.05) is 0 Å². The van der Waals surface area contributed by atoms with Gasteiger partial charge in [-0.3, -0.25) is 4.79 Å². The van der Waals surface area contributed by atoms with Crippen molar-refractivity contribution in [1.29, 1.82) is 0 Å². The van der Waals surface area contributed by atoms with E-state index >= 15 is 0 Å². The number of hydrogen-bond acceptors (Lipinski definition) is 2. The van der Waals surface area contributed by atoms with Crippen LogP contribution in [0.1, 0.15) is 51.4 Å². The summed E-state index contributed by atoms with van der Waals surface area (Å²) in [5.41, 5.74) is -0.386. The van der Waals surface area contributed by atoms with E-state index in [1.807, 2.05) is 0 Å². The maximum atomic E-state index is 11.3. The third kappa shape index (κ3) is 1.93. The van der Waals surface area contributed by atoms with E-state index < -0.39 is 0 Å². The first-order valence-electron chi connectivity index (χ1n) is 5.45. The molecule has 1 N–H and O–H groups in total. The molecule has 1 unspecified atom stereocenters. The molecule has 13 heavy (non-hydrogen) atoms. The fraction of sp³-hybridized carbons (Fsp3) is 0.909. The molecule has 0 aliphatic heterocycles. The Morgan fingerprint density at radius 1 is 1.38 bits per heavy atom. The fourth-order valence-corrected chi connectivity index (χ4v) is 2.47. The van der Waals surface area contributed by atoms with Crippen LogP contribution in [-0.2, 0) is 4.79 Å². The Morgan fingerprint density at radius 3 is 2.62 bits per heavy atom. The summed E-state index contributed by atoms with van der Waals surface area (Å²) >= 11 is 0. The van der Waals surface area contributed by atoms with Crippen molar-refractivity contribution < 1.29 is 9.90 Å². The third-order valence-corrected chi connectivity index (χ3v) is 3.67. The van der Waals surface area contributed by atoms with Gasteiger partial charge in [0, 0.05) is 12.3 Å². The summed E-state index contributed by atoms with van der Waals surface area (Å²) in [7, 11) is 0. The molecule has 0 amide bonds. The Labute approximate surface area is 79.3 Å². The number of hydrogen-bond donors (Lipinski definition) is 1. The number of aliphatic hydroxyl groups is 1. The molecule has 2 heteroatoms. The van der Waals surface area contributed by atoms with Crippen LogP contribution in [0.2, 0.25) is 0 Å². The molecule has 0 heterocycles. The number of ketones is 1. The molecule has 0 radical (unpaired) electrons. The van der Waals surface area contributed by atoms with E-state index in [1.165, 1.54) is 0 Å². The lowest BCUT2D eigenvalue weighted by molar-refractivity contribution is -0.121. The molecule has 0 aromatic rings. The van der Waals surface area contributed by atoms with E-state index in [-0.39, 0.29) is 11.5 Å². The molecule has 0 spiro atoms. The smallest absolute Gasteiger partial charge is 0.135 e. The number of Topliss-reactive ketones (excluding diaryl/α,β-unsaturated/α-hetero) is 1. The van der Waals surface area contributed by atoms with Crippen molar-refractivity contribution in [2.45, 2.75) is 57.0 Å². The zero-order valence-corrected chi connectivity index (χ0v) is 8.09. The second-order valence-electron chi connectivity index (χ2n) is 4.67. The zero-order chi connectivity index (χ0) is 9.31. The van der Waals surface area contributed by atoms with Crippen LogP contribution in [0.15, 0.2) is 0 Å². The van der Waals surface area contributed by atoms with Crippen LogP contribution in [0.25, 0.3) is 0 Å². The molecule has 2 nitrogen and oxygen atoms in total. The Hall–Kier alpha value is -0.370. The summed E-state index contributed by atoms with van der Waals surface area (Å²) in [6.45, 7) is 0. The van der Waals surface area contributed by atoms with E-state index in [4.69, 9.17) is 0 Å². The summed E-state index contributed by atoms with van der Waals surface area (Å²) in [6, 6.07) is 0. The second kappa shape index (κ2) is 3.41. The van der Waals surface area contributed by atoms with Gasteiger partial charge in [-0.05, 0) is 44.9 Å². The first-order valence-corrected chi connectivity index (χ1v) is 5.45. The van der Waals surface area contributed by atoms with Crippen molar-refractivity contribution in [1.82, 2.24) is 0 Å². The predicted molar refractivity (Wildman–Crippen MR) is 50.4 cm³/mol. The van der Waals surface area contributed by atoms with Gasteiger partial charge in [0.25, 0.3) is 0 Å². The standard InChI is InChI=1S/C11H18O2/c12-10-4-1-3-9(10)5-8-11(13)6-2-7-11/h9,13H,1-8H2.